The highest BCUT2D eigenvalue weighted by Crippen LogP contribution is 2.52. The number of piperidine rings is 2. The number of anilines is 1. The molecule has 0 radical (unpaired) electrons. The Kier molecular flexibility index (Phi) is 6.69. The average molecular weight is 544 g/mol. The minimum absolute atomic E-state index is 0.408. The van der Waals surface area contributed by atoms with Gasteiger partial charge in [-0.25, -0.2) is 9.97 Å². The van der Waals surface area contributed by atoms with Crippen molar-refractivity contribution in [2.24, 2.45) is 5.41 Å². The Bertz CT molecular complexity index is 1070. The van der Waals surface area contributed by atoms with Crippen LogP contribution in [-0.2, 0) is 4.74 Å². The molecule has 2 aliphatic carbocycles. The summed E-state index contributed by atoms with van der Waals surface area (Å²) in [5.74, 6) is 4.05. The van der Waals surface area contributed by atoms with Crippen LogP contribution in [0.2, 0.25) is 0 Å². The second-order valence-electron chi connectivity index (χ2n) is 11.4. The SMILES string of the molecule is COCCOc1c(Br)c(C2CC2)cc2c(N3CCC4(CCC4)CC3)nc(C3CCN(C)CC3)nc12. The lowest BCUT2D eigenvalue weighted by Crippen LogP contribution is -2.44. The summed E-state index contributed by atoms with van der Waals surface area (Å²) in [7, 11) is 3.94. The smallest absolute Gasteiger partial charge is 0.160 e. The molecule has 0 bridgehead atoms. The molecule has 1 spiro atoms. The van der Waals surface area contributed by atoms with Crippen LogP contribution in [-0.4, -0.2) is 68.4 Å². The molecule has 1 aromatic heterocycles. The van der Waals surface area contributed by atoms with Gasteiger partial charge in [-0.05, 0) is 110 Å². The van der Waals surface area contributed by atoms with Crippen molar-refractivity contribution < 1.29 is 9.47 Å². The molecule has 6 nitrogen and oxygen atoms in total. The second kappa shape index (κ2) is 9.79. The summed E-state index contributed by atoms with van der Waals surface area (Å²) in [5, 5.41) is 1.17. The van der Waals surface area contributed by atoms with Crippen molar-refractivity contribution in [1.82, 2.24) is 14.9 Å². The molecule has 35 heavy (non-hydrogen) atoms. The Morgan fingerprint density at radius 3 is 2.34 bits per heavy atom. The number of fused-ring (bicyclic) bond motifs is 1. The molecule has 0 N–H and O–H groups in total. The monoisotopic (exact) mass is 542 g/mol. The number of nitrogens with zero attached hydrogens (tertiary/aromatic N) is 4. The van der Waals surface area contributed by atoms with E-state index >= 15 is 0 Å². The first kappa shape index (κ1) is 23.9. The van der Waals surface area contributed by atoms with Crippen LogP contribution in [0.3, 0.4) is 0 Å². The Morgan fingerprint density at radius 2 is 1.71 bits per heavy atom. The van der Waals surface area contributed by atoms with E-state index in [0.717, 1.165) is 66.4 Å². The average Bonchev–Trinajstić information content (AvgIpc) is 3.70. The van der Waals surface area contributed by atoms with Crippen LogP contribution in [0.5, 0.6) is 5.75 Å². The van der Waals surface area contributed by atoms with Crippen molar-refractivity contribution in [3.63, 3.8) is 0 Å². The lowest BCUT2D eigenvalue weighted by molar-refractivity contribution is 0.0953. The van der Waals surface area contributed by atoms with E-state index in [0.29, 0.717) is 30.5 Å². The molecule has 1 aromatic carbocycles. The molecular weight excluding hydrogens is 504 g/mol. The quantitative estimate of drug-likeness (QED) is 0.407. The number of ether oxygens (including phenoxy) is 2. The Hall–Kier alpha value is -1.44. The van der Waals surface area contributed by atoms with Crippen LogP contribution in [0, 0.1) is 5.41 Å². The first-order valence-electron chi connectivity index (χ1n) is 13.7. The van der Waals surface area contributed by atoms with Crippen LogP contribution in [0.4, 0.5) is 5.82 Å². The molecule has 3 heterocycles. The summed E-state index contributed by atoms with van der Waals surface area (Å²) >= 11 is 3.93. The summed E-state index contributed by atoms with van der Waals surface area (Å²) in [4.78, 5) is 15.6. The van der Waals surface area contributed by atoms with Gasteiger partial charge in [0.25, 0.3) is 0 Å². The van der Waals surface area contributed by atoms with Gasteiger partial charge in [0.15, 0.2) is 5.75 Å². The van der Waals surface area contributed by atoms with Crippen LogP contribution in [0.25, 0.3) is 10.9 Å². The summed E-state index contributed by atoms with van der Waals surface area (Å²) < 4.78 is 12.8. The normalized spacial score (nSPS) is 23.1. The zero-order valence-corrected chi connectivity index (χ0v) is 22.9. The van der Waals surface area contributed by atoms with Crippen molar-refractivity contribution in [2.75, 3.05) is 58.5 Å². The molecule has 0 atom stereocenters. The molecule has 7 heteroatoms. The Balaban J connectivity index is 1.45. The van der Waals surface area contributed by atoms with Crippen LogP contribution >= 0.6 is 15.9 Å². The number of hydrogen-bond donors (Lipinski definition) is 0. The molecule has 4 fully saturated rings. The predicted octanol–water partition coefficient (Wildman–Crippen LogP) is 5.87. The molecule has 2 aliphatic heterocycles. The Labute approximate surface area is 217 Å². The number of methoxy groups -OCH3 is 1. The number of rotatable bonds is 7. The van der Waals surface area contributed by atoms with E-state index in [4.69, 9.17) is 19.4 Å². The largest absolute Gasteiger partial charge is 0.488 e. The third-order valence-corrected chi connectivity index (χ3v) is 9.90. The van der Waals surface area contributed by atoms with Crippen molar-refractivity contribution in [3.8, 4) is 5.75 Å². The van der Waals surface area contributed by atoms with Crippen LogP contribution in [0.15, 0.2) is 10.5 Å². The first-order chi connectivity index (χ1) is 17.1. The van der Waals surface area contributed by atoms with Gasteiger partial charge >= 0.3 is 0 Å². The highest BCUT2D eigenvalue weighted by Gasteiger charge is 2.40. The maximum atomic E-state index is 6.38. The standard InChI is InChI=1S/C28H39BrN4O2/c1-32-12-6-20(7-13-32)26-30-24-22(27(31-26)33-14-10-28(11-15-33)8-3-9-28)18-21(19-4-5-19)23(29)25(24)35-17-16-34-2/h18-20H,3-17H2,1-2H3. The maximum Gasteiger partial charge on any atom is 0.160 e. The summed E-state index contributed by atoms with van der Waals surface area (Å²) in [5.41, 5.74) is 2.95. The highest BCUT2D eigenvalue weighted by atomic mass is 79.9. The molecule has 6 rings (SSSR count). The van der Waals surface area contributed by atoms with E-state index in [1.54, 1.807) is 7.11 Å². The minimum Gasteiger partial charge on any atom is -0.488 e. The van der Waals surface area contributed by atoms with Gasteiger partial charge in [0.2, 0.25) is 0 Å². The van der Waals surface area contributed by atoms with E-state index in [9.17, 15) is 0 Å². The van der Waals surface area contributed by atoms with E-state index in [1.807, 2.05) is 0 Å². The van der Waals surface area contributed by atoms with Gasteiger partial charge in [-0.1, -0.05) is 6.42 Å². The maximum absolute atomic E-state index is 6.38. The fraction of sp³-hybridized carbons (Fsp3) is 0.714. The van der Waals surface area contributed by atoms with E-state index in [2.05, 4.69) is 38.8 Å². The van der Waals surface area contributed by atoms with Gasteiger partial charge in [0.05, 0.1) is 11.1 Å². The second-order valence-corrected chi connectivity index (χ2v) is 12.2. The van der Waals surface area contributed by atoms with Crippen molar-refractivity contribution in [1.29, 1.82) is 0 Å². The van der Waals surface area contributed by atoms with Gasteiger partial charge in [0.1, 0.15) is 23.8 Å². The number of hydrogen-bond acceptors (Lipinski definition) is 6. The van der Waals surface area contributed by atoms with Gasteiger partial charge in [-0.2, -0.15) is 0 Å². The summed E-state index contributed by atoms with van der Waals surface area (Å²) in [6.07, 6.45) is 11.6. The molecule has 2 saturated heterocycles. The van der Waals surface area contributed by atoms with Crippen molar-refractivity contribution in [2.45, 2.75) is 69.6 Å². The molecule has 4 aliphatic rings. The fourth-order valence-electron chi connectivity index (χ4n) is 6.34. The van der Waals surface area contributed by atoms with E-state index in [-0.39, 0.29) is 0 Å². The molecule has 190 valence electrons. The highest BCUT2D eigenvalue weighted by molar-refractivity contribution is 9.10. The van der Waals surface area contributed by atoms with Gasteiger partial charge in [-0.3, -0.25) is 0 Å². The zero-order valence-electron chi connectivity index (χ0n) is 21.3. The van der Waals surface area contributed by atoms with E-state index in [1.165, 1.54) is 55.9 Å². The third kappa shape index (κ3) is 4.69. The Morgan fingerprint density at radius 1 is 0.971 bits per heavy atom. The molecule has 0 unspecified atom stereocenters. The fourth-order valence-corrected chi connectivity index (χ4v) is 7.08. The predicted molar refractivity (Wildman–Crippen MR) is 144 cm³/mol. The van der Waals surface area contributed by atoms with Gasteiger partial charge in [-0.15, -0.1) is 0 Å². The number of benzene rings is 1. The molecule has 2 saturated carbocycles. The van der Waals surface area contributed by atoms with Crippen LogP contribution < -0.4 is 9.64 Å². The topological polar surface area (TPSA) is 50.7 Å². The van der Waals surface area contributed by atoms with E-state index < -0.39 is 0 Å². The van der Waals surface area contributed by atoms with Crippen LogP contribution in [0.1, 0.15) is 81.0 Å². The third-order valence-electron chi connectivity index (χ3n) is 9.08. The summed E-state index contributed by atoms with van der Waals surface area (Å²) in [6, 6.07) is 2.38. The lowest BCUT2D eigenvalue weighted by Gasteiger charge is -2.48. The molecular formula is C28H39BrN4O2. The summed E-state index contributed by atoms with van der Waals surface area (Å²) in [6.45, 7) is 5.51. The number of halogens is 1. The van der Waals surface area contributed by atoms with Crippen molar-refractivity contribution >= 4 is 32.7 Å². The minimum atomic E-state index is 0.408. The van der Waals surface area contributed by atoms with Crippen molar-refractivity contribution in [3.05, 3.63) is 21.9 Å². The number of aromatic nitrogens is 2. The van der Waals surface area contributed by atoms with Gasteiger partial charge < -0.3 is 19.3 Å². The zero-order chi connectivity index (χ0) is 24.0. The molecule has 2 aromatic rings. The lowest BCUT2D eigenvalue weighted by atomic mass is 9.63. The first-order valence-corrected chi connectivity index (χ1v) is 14.5. The molecule has 0 amide bonds. The van der Waals surface area contributed by atoms with Gasteiger partial charge in [0, 0.05) is 31.5 Å². The number of likely N-dealkylation sites (tertiary alicyclic amines) is 1.